The predicted molar refractivity (Wildman–Crippen MR) is 117 cm³/mol. The second kappa shape index (κ2) is 10.7. The minimum atomic E-state index is -0.965. The number of hydrogen-bond donors (Lipinski definition) is 4. The zero-order valence-corrected chi connectivity index (χ0v) is 17.9. The van der Waals surface area contributed by atoms with E-state index in [0.29, 0.717) is 13.0 Å². The monoisotopic (exact) mass is 416 g/mol. The Morgan fingerprint density at radius 3 is 2.87 bits per heavy atom. The normalized spacial score (nSPS) is 15.3. The minimum absolute atomic E-state index is 0.0645. The van der Waals surface area contributed by atoms with E-state index in [0.717, 1.165) is 30.9 Å². The van der Waals surface area contributed by atoms with Gasteiger partial charge in [0.1, 0.15) is 17.5 Å². The largest absolute Gasteiger partial charge is 0.459 e. The van der Waals surface area contributed by atoms with Gasteiger partial charge in [-0.3, -0.25) is 14.6 Å². The van der Waals surface area contributed by atoms with E-state index in [1.165, 1.54) is 18.0 Å². The van der Waals surface area contributed by atoms with Crippen molar-refractivity contribution in [2.75, 3.05) is 25.0 Å². The first-order chi connectivity index (χ1) is 14.2. The molecule has 0 unspecified atom stereocenters. The zero-order valence-electron chi connectivity index (χ0n) is 17.9. The van der Waals surface area contributed by atoms with Crippen LogP contribution < -0.4 is 22.1 Å². The highest BCUT2D eigenvalue weighted by Crippen LogP contribution is 2.19. The number of nitrogens with zero attached hydrogens (tertiary/aromatic N) is 2. The molecule has 1 aromatic heterocycles. The van der Waals surface area contributed by atoms with E-state index in [2.05, 4.69) is 26.7 Å². The molecule has 0 aliphatic carbocycles. The summed E-state index contributed by atoms with van der Waals surface area (Å²) in [5.41, 5.74) is 13.0. The van der Waals surface area contributed by atoms with Gasteiger partial charge in [-0.15, -0.1) is 0 Å². The van der Waals surface area contributed by atoms with E-state index in [4.69, 9.17) is 16.2 Å². The van der Waals surface area contributed by atoms with Gasteiger partial charge in [0.05, 0.1) is 5.57 Å². The van der Waals surface area contributed by atoms with Crippen LogP contribution in [0.15, 0.2) is 28.9 Å². The molecule has 30 heavy (non-hydrogen) atoms. The maximum atomic E-state index is 12.2. The van der Waals surface area contributed by atoms with Crippen LogP contribution in [0.2, 0.25) is 0 Å². The molecule has 0 saturated carbocycles. The Kier molecular flexibility index (Phi) is 8.35. The van der Waals surface area contributed by atoms with Crippen molar-refractivity contribution in [1.29, 1.82) is 0 Å². The molecule has 0 fully saturated rings. The molecule has 1 atom stereocenters. The summed E-state index contributed by atoms with van der Waals surface area (Å²) in [7, 11) is 0. The predicted octanol–water partition coefficient (Wildman–Crippen LogP) is 0.681. The highest BCUT2D eigenvalue weighted by molar-refractivity contribution is 6.12. The summed E-state index contributed by atoms with van der Waals surface area (Å²) in [5, 5.41) is 5.88. The van der Waals surface area contributed by atoms with Gasteiger partial charge in [0.15, 0.2) is 0 Å². The Balaban J connectivity index is 1.79. The minimum Gasteiger partial charge on any atom is -0.459 e. The highest BCUT2D eigenvalue weighted by Gasteiger charge is 2.22. The molecule has 1 amide bonds. The van der Waals surface area contributed by atoms with Crippen LogP contribution >= 0.6 is 0 Å². The number of nitrogens with two attached hydrogens (primary N) is 2. The summed E-state index contributed by atoms with van der Waals surface area (Å²) in [6, 6.07) is 3.14. The summed E-state index contributed by atoms with van der Waals surface area (Å²) in [6.45, 7) is 6.59. The molecule has 1 aliphatic heterocycles. The molecule has 2 heterocycles. The van der Waals surface area contributed by atoms with Crippen molar-refractivity contribution in [3.8, 4) is 0 Å². The van der Waals surface area contributed by atoms with Gasteiger partial charge in [0.25, 0.3) is 5.91 Å². The van der Waals surface area contributed by atoms with Gasteiger partial charge in [-0.1, -0.05) is 6.07 Å². The number of nitrogens with one attached hydrogen (secondary N) is 2. The number of rotatable bonds is 8. The van der Waals surface area contributed by atoms with Crippen LogP contribution in [-0.2, 0) is 27.2 Å². The molecule has 0 saturated heterocycles. The van der Waals surface area contributed by atoms with Crippen molar-refractivity contribution in [3.63, 3.8) is 0 Å². The molecule has 164 valence electrons. The lowest BCUT2D eigenvalue weighted by atomic mass is 10.1. The molecule has 9 nitrogen and oxygen atoms in total. The molecule has 9 heteroatoms. The van der Waals surface area contributed by atoms with Crippen molar-refractivity contribution < 1.29 is 14.3 Å². The van der Waals surface area contributed by atoms with Crippen LogP contribution in [0.25, 0.3) is 0 Å². The van der Waals surface area contributed by atoms with E-state index in [1.807, 2.05) is 6.07 Å². The lowest BCUT2D eigenvalue weighted by Crippen LogP contribution is -2.45. The van der Waals surface area contributed by atoms with Crippen LogP contribution in [0, 0.1) is 0 Å². The smallest absolute Gasteiger partial charge is 0.325 e. The number of pyridine rings is 1. The Morgan fingerprint density at radius 2 is 2.17 bits per heavy atom. The third kappa shape index (κ3) is 7.47. The third-order valence-electron chi connectivity index (χ3n) is 4.31. The van der Waals surface area contributed by atoms with Gasteiger partial charge < -0.3 is 26.8 Å². The number of aryl methyl sites for hydroxylation is 1. The van der Waals surface area contributed by atoms with Crippen LogP contribution in [0.5, 0.6) is 0 Å². The topological polar surface area (TPSA) is 145 Å². The number of esters is 1. The third-order valence-corrected chi connectivity index (χ3v) is 4.31. The molecule has 0 spiro atoms. The summed E-state index contributed by atoms with van der Waals surface area (Å²) < 4.78 is 5.18. The van der Waals surface area contributed by atoms with Crippen molar-refractivity contribution in [3.05, 3.63) is 35.2 Å². The lowest BCUT2D eigenvalue weighted by Gasteiger charge is -2.22. The fourth-order valence-corrected chi connectivity index (χ4v) is 2.79. The van der Waals surface area contributed by atoms with Crippen molar-refractivity contribution >= 4 is 23.9 Å². The molecule has 6 N–H and O–H groups in total. The Bertz CT molecular complexity index is 813. The number of aromatic nitrogens is 1. The molecule has 1 aliphatic rings. The summed E-state index contributed by atoms with van der Waals surface area (Å²) in [6.07, 6.45) is 5.39. The highest BCUT2D eigenvalue weighted by atomic mass is 16.6. The Labute approximate surface area is 177 Å². The van der Waals surface area contributed by atoms with Gasteiger partial charge in [-0.25, -0.2) is 4.98 Å². The number of aliphatic imine (C=N–C) groups is 1. The fourth-order valence-electron chi connectivity index (χ4n) is 2.79. The summed E-state index contributed by atoms with van der Waals surface area (Å²) in [4.78, 5) is 33.0. The molecular weight excluding hydrogens is 384 g/mol. The Morgan fingerprint density at radius 1 is 1.40 bits per heavy atom. The van der Waals surface area contributed by atoms with E-state index in [1.54, 1.807) is 20.8 Å². The van der Waals surface area contributed by atoms with Crippen LogP contribution in [0.1, 0.15) is 38.4 Å². The number of fused-ring (bicyclic) bond motifs is 1. The van der Waals surface area contributed by atoms with E-state index >= 15 is 0 Å². The molecular formula is C21H32N6O3. The fraction of sp³-hybridized carbons (Fsp3) is 0.524. The van der Waals surface area contributed by atoms with Gasteiger partial charge in [-0.05, 0) is 45.2 Å². The average Bonchev–Trinajstić information content (AvgIpc) is 2.70. The number of anilines is 1. The van der Waals surface area contributed by atoms with Gasteiger partial charge >= 0.3 is 5.97 Å². The zero-order chi connectivity index (χ0) is 22.1. The summed E-state index contributed by atoms with van der Waals surface area (Å²) in [5.74, 6) is -0.0934. The average molecular weight is 417 g/mol. The van der Waals surface area contributed by atoms with Crippen LogP contribution in [0.3, 0.4) is 0 Å². The van der Waals surface area contributed by atoms with E-state index < -0.39 is 23.5 Å². The van der Waals surface area contributed by atoms with Crippen molar-refractivity contribution in [2.45, 2.75) is 51.7 Å². The Hall–Kier alpha value is -2.94. The van der Waals surface area contributed by atoms with E-state index in [-0.39, 0.29) is 12.1 Å². The van der Waals surface area contributed by atoms with Crippen molar-refractivity contribution in [1.82, 2.24) is 10.3 Å². The number of carbonyl (C=O) groups excluding carboxylic acids is 2. The van der Waals surface area contributed by atoms with Gasteiger partial charge in [0.2, 0.25) is 0 Å². The first-order valence-electron chi connectivity index (χ1n) is 10.1. The quantitative estimate of drug-likeness (QED) is 0.277. The second-order valence-corrected chi connectivity index (χ2v) is 8.10. The standard InChI is InChI=1S/C21H32N6O3/c1-21(2,3)30-20(29)17(23)13-26-19(28)15(11-22)12-24-10-8-16-7-6-14-5-4-9-25-18(14)27-16/h6-7,11-12,17H,4-5,8-10,13,22-23H2,1-3H3,(H,25,27)(H,26,28)/t17-/m0/s1. The van der Waals surface area contributed by atoms with E-state index in [9.17, 15) is 9.59 Å². The van der Waals surface area contributed by atoms with Crippen molar-refractivity contribution in [2.24, 2.45) is 16.5 Å². The first kappa shape index (κ1) is 23.3. The second-order valence-electron chi connectivity index (χ2n) is 8.10. The maximum absolute atomic E-state index is 12.2. The first-order valence-corrected chi connectivity index (χ1v) is 10.1. The number of hydrogen-bond acceptors (Lipinski definition) is 8. The SMILES string of the molecule is CC(C)(C)OC(=O)[C@@H](N)CNC(=O)C(C=NCCc1ccc2c(n1)NCCC2)=CN. The number of amides is 1. The van der Waals surface area contributed by atoms with Crippen LogP contribution in [-0.4, -0.2) is 54.4 Å². The van der Waals surface area contributed by atoms with Gasteiger partial charge in [0, 0.05) is 44.2 Å². The molecule has 0 aromatic carbocycles. The molecule has 0 radical (unpaired) electrons. The number of ether oxygens (including phenoxy) is 1. The summed E-state index contributed by atoms with van der Waals surface area (Å²) >= 11 is 0. The molecule has 1 aromatic rings. The molecule has 2 rings (SSSR count). The van der Waals surface area contributed by atoms with Gasteiger partial charge in [-0.2, -0.15) is 0 Å². The maximum Gasteiger partial charge on any atom is 0.325 e. The molecule has 0 bridgehead atoms. The van der Waals surface area contributed by atoms with Crippen LogP contribution in [0.4, 0.5) is 5.82 Å². The number of carbonyl (C=O) groups is 2. The lowest BCUT2D eigenvalue weighted by molar-refractivity contribution is -0.156.